The van der Waals surface area contributed by atoms with Crippen LogP contribution < -0.4 is 10.6 Å². The molecule has 1 aliphatic rings. The Morgan fingerprint density at radius 2 is 1.66 bits per heavy atom. The SMILES string of the molecule is CC(NC(=O)[C@@H](Cc1cnc[nH]1)NC(=O)OCC1c2ccccc2-c2ccccc21)C(C)C(=O)O. The van der Waals surface area contributed by atoms with Crippen molar-refractivity contribution >= 4 is 18.0 Å². The zero-order chi connectivity index (χ0) is 24.9. The van der Waals surface area contributed by atoms with Gasteiger partial charge in [0.15, 0.2) is 0 Å². The van der Waals surface area contributed by atoms with Crippen molar-refractivity contribution in [1.82, 2.24) is 20.6 Å². The first-order chi connectivity index (χ1) is 16.8. The molecule has 3 atom stereocenters. The number of amides is 2. The Hall–Kier alpha value is -4.14. The predicted molar refractivity (Wildman–Crippen MR) is 129 cm³/mol. The number of carbonyl (C=O) groups is 3. The standard InChI is InChI=1S/C26H28N4O5/c1-15(25(32)33)16(2)29-24(31)23(11-17-12-27-14-28-17)30-26(34)35-13-22-20-9-5-3-7-18(20)19-8-4-6-10-21(19)22/h3-10,12,14-16,22-23H,11,13H2,1-2H3,(H,27,28)(H,29,31)(H,30,34)(H,32,33)/t15?,16?,23-/m1/s1. The van der Waals surface area contributed by atoms with Crippen LogP contribution in [0.5, 0.6) is 0 Å². The summed E-state index contributed by atoms with van der Waals surface area (Å²) in [6.45, 7) is 3.23. The number of H-pyrrole nitrogens is 1. The molecule has 182 valence electrons. The molecule has 4 N–H and O–H groups in total. The van der Waals surface area contributed by atoms with Crippen LogP contribution in [0.3, 0.4) is 0 Å². The number of nitrogens with one attached hydrogen (secondary N) is 3. The fourth-order valence-electron chi connectivity index (χ4n) is 4.27. The van der Waals surface area contributed by atoms with E-state index in [4.69, 9.17) is 4.74 Å². The smallest absolute Gasteiger partial charge is 0.407 e. The van der Waals surface area contributed by atoms with Gasteiger partial charge in [0.2, 0.25) is 5.91 Å². The minimum atomic E-state index is -1.02. The fourth-order valence-corrected chi connectivity index (χ4v) is 4.27. The minimum absolute atomic E-state index is 0.107. The van der Waals surface area contributed by atoms with Crippen molar-refractivity contribution in [2.24, 2.45) is 5.92 Å². The first-order valence-electron chi connectivity index (χ1n) is 11.5. The molecule has 3 aromatic rings. The number of hydrogen-bond acceptors (Lipinski definition) is 5. The molecule has 0 saturated heterocycles. The summed E-state index contributed by atoms with van der Waals surface area (Å²) in [5.74, 6) is -2.42. The van der Waals surface area contributed by atoms with Gasteiger partial charge in [-0.2, -0.15) is 0 Å². The second-order valence-electron chi connectivity index (χ2n) is 8.73. The molecule has 0 bridgehead atoms. The lowest BCUT2D eigenvalue weighted by molar-refractivity contribution is -0.142. The van der Waals surface area contributed by atoms with Gasteiger partial charge < -0.3 is 25.5 Å². The van der Waals surface area contributed by atoms with Gasteiger partial charge in [0.25, 0.3) is 0 Å². The molecule has 0 aliphatic heterocycles. The van der Waals surface area contributed by atoms with E-state index in [1.807, 2.05) is 36.4 Å². The first-order valence-corrected chi connectivity index (χ1v) is 11.5. The third kappa shape index (κ3) is 5.34. The van der Waals surface area contributed by atoms with E-state index in [1.165, 1.54) is 13.3 Å². The molecule has 0 spiro atoms. The van der Waals surface area contributed by atoms with E-state index in [1.54, 1.807) is 13.1 Å². The summed E-state index contributed by atoms with van der Waals surface area (Å²) in [6, 6.07) is 14.4. The van der Waals surface area contributed by atoms with E-state index >= 15 is 0 Å². The quantitative estimate of drug-likeness (QED) is 0.375. The third-order valence-electron chi connectivity index (χ3n) is 6.44. The van der Waals surface area contributed by atoms with Gasteiger partial charge in [-0.15, -0.1) is 0 Å². The van der Waals surface area contributed by atoms with Crippen molar-refractivity contribution in [3.05, 3.63) is 77.9 Å². The second-order valence-corrected chi connectivity index (χ2v) is 8.73. The molecule has 9 nitrogen and oxygen atoms in total. The molecule has 1 heterocycles. The highest BCUT2D eigenvalue weighted by Gasteiger charge is 2.31. The molecule has 4 rings (SSSR count). The maximum Gasteiger partial charge on any atom is 0.407 e. The summed E-state index contributed by atoms with van der Waals surface area (Å²) >= 11 is 0. The molecule has 1 aromatic heterocycles. The largest absolute Gasteiger partial charge is 0.481 e. The molecular weight excluding hydrogens is 448 g/mol. The van der Waals surface area contributed by atoms with Gasteiger partial charge in [-0.1, -0.05) is 48.5 Å². The van der Waals surface area contributed by atoms with Gasteiger partial charge in [-0.3, -0.25) is 9.59 Å². The van der Waals surface area contributed by atoms with Crippen molar-refractivity contribution in [2.45, 2.75) is 38.3 Å². The van der Waals surface area contributed by atoms with Crippen LogP contribution in [-0.4, -0.2) is 51.7 Å². The van der Waals surface area contributed by atoms with Crippen molar-refractivity contribution < 1.29 is 24.2 Å². The van der Waals surface area contributed by atoms with Gasteiger partial charge in [-0.05, 0) is 36.1 Å². The molecule has 9 heteroatoms. The van der Waals surface area contributed by atoms with Crippen LogP contribution >= 0.6 is 0 Å². The first kappa shape index (κ1) is 24.0. The summed E-state index contributed by atoms with van der Waals surface area (Å²) in [4.78, 5) is 43.8. The van der Waals surface area contributed by atoms with E-state index < -0.39 is 36.0 Å². The van der Waals surface area contributed by atoms with Crippen molar-refractivity contribution in [3.63, 3.8) is 0 Å². The Morgan fingerprint density at radius 3 is 2.23 bits per heavy atom. The number of alkyl carbamates (subject to hydrolysis) is 1. The Labute approximate surface area is 202 Å². The summed E-state index contributed by atoms with van der Waals surface area (Å²) in [6.07, 6.45) is 2.45. The molecular formula is C26H28N4O5. The van der Waals surface area contributed by atoms with Gasteiger partial charge in [0.05, 0.1) is 12.2 Å². The molecule has 2 unspecified atom stereocenters. The number of fused-ring (bicyclic) bond motifs is 3. The molecule has 0 saturated carbocycles. The monoisotopic (exact) mass is 476 g/mol. The zero-order valence-corrected chi connectivity index (χ0v) is 19.5. The Bertz CT molecular complexity index is 1160. The molecule has 35 heavy (non-hydrogen) atoms. The lowest BCUT2D eigenvalue weighted by Gasteiger charge is -2.23. The van der Waals surface area contributed by atoms with Crippen LogP contribution in [0.25, 0.3) is 11.1 Å². The minimum Gasteiger partial charge on any atom is -0.481 e. The number of hydrogen-bond donors (Lipinski definition) is 4. The molecule has 0 fully saturated rings. The van der Waals surface area contributed by atoms with Crippen LogP contribution in [0.1, 0.15) is 36.6 Å². The Morgan fingerprint density at radius 1 is 1.03 bits per heavy atom. The Kier molecular flexibility index (Phi) is 7.14. The summed E-state index contributed by atoms with van der Waals surface area (Å²) < 4.78 is 5.58. The van der Waals surface area contributed by atoms with Crippen molar-refractivity contribution in [1.29, 1.82) is 0 Å². The number of imidazole rings is 1. The van der Waals surface area contributed by atoms with Crippen LogP contribution in [0.15, 0.2) is 61.1 Å². The van der Waals surface area contributed by atoms with Gasteiger partial charge in [-0.25, -0.2) is 9.78 Å². The number of nitrogens with zero attached hydrogens (tertiary/aromatic N) is 1. The maximum atomic E-state index is 12.9. The zero-order valence-electron chi connectivity index (χ0n) is 19.5. The van der Waals surface area contributed by atoms with Crippen LogP contribution in [0, 0.1) is 5.92 Å². The number of rotatable bonds is 9. The summed E-state index contributed by atoms with van der Waals surface area (Å²) in [7, 11) is 0. The molecule has 2 aromatic carbocycles. The Balaban J connectivity index is 1.43. The predicted octanol–water partition coefficient (Wildman–Crippen LogP) is 3.08. The van der Waals surface area contributed by atoms with E-state index in [2.05, 4.69) is 32.7 Å². The number of carbonyl (C=O) groups excluding carboxylic acids is 2. The third-order valence-corrected chi connectivity index (χ3v) is 6.44. The van der Waals surface area contributed by atoms with Crippen LogP contribution in [0.4, 0.5) is 4.79 Å². The van der Waals surface area contributed by atoms with Crippen LogP contribution in [0.2, 0.25) is 0 Å². The van der Waals surface area contributed by atoms with E-state index in [0.717, 1.165) is 22.3 Å². The highest BCUT2D eigenvalue weighted by molar-refractivity contribution is 5.86. The number of aromatic amines is 1. The summed E-state index contributed by atoms with van der Waals surface area (Å²) in [5, 5.41) is 14.5. The highest BCUT2D eigenvalue weighted by atomic mass is 16.5. The topological polar surface area (TPSA) is 133 Å². The van der Waals surface area contributed by atoms with E-state index in [9.17, 15) is 19.5 Å². The molecule has 1 aliphatic carbocycles. The number of carboxylic acids is 1. The van der Waals surface area contributed by atoms with Crippen LogP contribution in [-0.2, 0) is 20.7 Å². The molecule has 0 radical (unpaired) electrons. The number of carboxylic acid groups (broad SMARTS) is 1. The number of aliphatic carboxylic acids is 1. The van der Waals surface area contributed by atoms with Crippen molar-refractivity contribution in [3.8, 4) is 11.1 Å². The van der Waals surface area contributed by atoms with Gasteiger partial charge >= 0.3 is 12.1 Å². The van der Waals surface area contributed by atoms with E-state index in [-0.39, 0.29) is 18.9 Å². The second kappa shape index (κ2) is 10.4. The normalized spacial score (nSPS) is 14.8. The number of benzene rings is 2. The van der Waals surface area contributed by atoms with Crippen molar-refractivity contribution in [2.75, 3.05) is 6.61 Å². The summed E-state index contributed by atoms with van der Waals surface area (Å²) in [5.41, 5.74) is 5.06. The van der Waals surface area contributed by atoms with Gasteiger partial charge in [0, 0.05) is 30.3 Å². The van der Waals surface area contributed by atoms with E-state index in [0.29, 0.717) is 5.69 Å². The number of ether oxygens (including phenoxy) is 1. The maximum absolute atomic E-state index is 12.9. The fraction of sp³-hybridized carbons (Fsp3) is 0.308. The molecule has 2 amide bonds. The average molecular weight is 477 g/mol. The average Bonchev–Trinajstić information content (AvgIpc) is 3.47. The lowest BCUT2D eigenvalue weighted by atomic mass is 9.98. The van der Waals surface area contributed by atoms with Gasteiger partial charge in [0.1, 0.15) is 12.6 Å². The number of aromatic nitrogens is 2. The highest BCUT2D eigenvalue weighted by Crippen LogP contribution is 2.44. The lowest BCUT2D eigenvalue weighted by Crippen LogP contribution is -2.52.